The molecule has 1 saturated carbocycles. The Kier molecular flexibility index (Phi) is 4.47. The summed E-state index contributed by atoms with van der Waals surface area (Å²) in [5.74, 6) is 0.534. The molecule has 5 nitrogen and oxygen atoms in total. The van der Waals surface area contributed by atoms with Gasteiger partial charge in [-0.25, -0.2) is 0 Å². The number of hydrogen-bond acceptors (Lipinski definition) is 5. The summed E-state index contributed by atoms with van der Waals surface area (Å²) in [5.41, 5.74) is 11.2. The van der Waals surface area contributed by atoms with Gasteiger partial charge in [-0.2, -0.15) is 0 Å². The SMILES string of the molecule is NC(=O)C1=C(N)S[C@]23CCCC[C@@]12Oc1c(Br)c(Br)c(Br)c(Br)c1O3. The molecule has 4 rings (SSSR count). The van der Waals surface area contributed by atoms with Crippen LogP contribution in [0.5, 0.6) is 11.5 Å². The van der Waals surface area contributed by atoms with Crippen LogP contribution >= 0.6 is 75.5 Å². The topological polar surface area (TPSA) is 87.6 Å². The molecule has 1 amide bonds. The van der Waals surface area contributed by atoms with Crippen LogP contribution in [0.25, 0.3) is 0 Å². The third-order valence-electron chi connectivity index (χ3n) is 4.80. The Morgan fingerprint density at radius 3 is 2.12 bits per heavy atom. The van der Waals surface area contributed by atoms with Gasteiger partial charge in [0.2, 0.25) is 4.93 Å². The number of carbonyl (C=O) groups is 1. The van der Waals surface area contributed by atoms with Gasteiger partial charge in [0, 0.05) is 6.42 Å². The van der Waals surface area contributed by atoms with Crippen LogP contribution < -0.4 is 20.9 Å². The van der Waals surface area contributed by atoms with E-state index >= 15 is 0 Å². The highest BCUT2D eigenvalue weighted by Crippen LogP contribution is 2.66. The molecule has 10 heteroatoms. The van der Waals surface area contributed by atoms with Gasteiger partial charge in [-0.1, -0.05) is 11.8 Å². The molecular formula is C15H12Br4N2O3S. The lowest BCUT2D eigenvalue weighted by Crippen LogP contribution is -2.63. The number of rotatable bonds is 1. The Morgan fingerprint density at radius 2 is 1.52 bits per heavy atom. The molecule has 0 bridgehead atoms. The minimum Gasteiger partial charge on any atom is -0.472 e. The van der Waals surface area contributed by atoms with E-state index in [2.05, 4.69) is 63.7 Å². The molecule has 1 aliphatic carbocycles. The van der Waals surface area contributed by atoms with Crippen molar-refractivity contribution in [2.75, 3.05) is 0 Å². The van der Waals surface area contributed by atoms with Crippen LogP contribution in [0.3, 0.4) is 0 Å². The van der Waals surface area contributed by atoms with Crippen molar-refractivity contribution in [3.63, 3.8) is 0 Å². The lowest BCUT2D eigenvalue weighted by Gasteiger charge is -2.51. The van der Waals surface area contributed by atoms with Gasteiger partial charge in [0.15, 0.2) is 17.1 Å². The lowest BCUT2D eigenvalue weighted by atomic mass is 9.75. The molecule has 25 heavy (non-hydrogen) atoms. The zero-order valence-electron chi connectivity index (χ0n) is 12.6. The largest absolute Gasteiger partial charge is 0.472 e. The summed E-state index contributed by atoms with van der Waals surface area (Å²) < 4.78 is 16.1. The highest BCUT2D eigenvalue weighted by molar-refractivity contribution is 9.15. The van der Waals surface area contributed by atoms with Crippen LogP contribution in [0, 0.1) is 0 Å². The highest BCUT2D eigenvalue weighted by Gasteiger charge is 2.69. The second-order valence-corrected chi connectivity index (χ2v) is 10.6. The maximum absolute atomic E-state index is 12.2. The van der Waals surface area contributed by atoms with Crippen molar-refractivity contribution in [1.29, 1.82) is 0 Å². The fourth-order valence-electron chi connectivity index (χ4n) is 3.77. The van der Waals surface area contributed by atoms with Crippen molar-refractivity contribution >= 4 is 81.4 Å². The Labute approximate surface area is 182 Å². The molecule has 2 atom stereocenters. The minimum absolute atomic E-state index is 0.324. The van der Waals surface area contributed by atoms with Gasteiger partial charge >= 0.3 is 0 Å². The summed E-state index contributed by atoms with van der Waals surface area (Å²) in [6.07, 6.45) is 3.20. The fraction of sp³-hybridized carbons (Fsp3) is 0.400. The second kappa shape index (κ2) is 6.05. The highest BCUT2D eigenvalue weighted by atomic mass is 79.9. The summed E-state index contributed by atoms with van der Waals surface area (Å²) in [5, 5.41) is 0.382. The summed E-state index contributed by atoms with van der Waals surface area (Å²) in [4.78, 5) is 11.4. The van der Waals surface area contributed by atoms with Gasteiger partial charge < -0.3 is 20.9 Å². The van der Waals surface area contributed by atoms with E-state index in [1.807, 2.05) is 0 Å². The number of nitrogens with two attached hydrogens (primary N) is 2. The fourth-order valence-corrected chi connectivity index (χ4v) is 7.48. The van der Waals surface area contributed by atoms with Crippen LogP contribution in [0.1, 0.15) is 25.7 Å². The van der Waals surface area contributed by atoms with Gasteiger partial charge in [0.1, 0.15) is 0 Å². The second-order valence-electron chi connectivity index (χ2n) is 6.11. The average Bonchev–Trinajstić information content (AvgIpc) is 2.84. The molecule has 0 saturated heterocycles. The normalized spacial score (nSPS) is 30.1. The molecule has 3 aliphatic rings. The van der Waals surface area contributed by atoms with Crippen LogP contribution in [0.4, 0.5) is 0 Å². The summed E-state index contributed by atoms with van der Waals surface area (Å²) in [6, 6.07) is 0. The van der Waals surface area contributed by atoms with E-state index < -0.39 is 16.4 Å². The maximum Gasteiger partial charge on any atom is 0.251 e. The Morgan fingerprint density at radius 1 is 0.960 bits per heavy atom. The molecule has 1 aromatic rings. The number of amides is 1. The first-order valence-electron chi connectivity index (χ1n) is 7.47. The maximum atomic E-state index is 12.2. The smallest absolute Gasteiger partial charge is 0.251 e. The van der Waals surface area contributed by atoms with Crippen LogP contribution in [-0.2, 0) is 4.79 Å². The summed E-state index contributed by atoms with van der Waals surface area (Å²) in [7, 11) is 0. The van der Waals surface area contributed by atoms with Crippen LogP contribution in [0.15, 0.2) is 28.5 Å². The van der Waals surface area contributed by atoms with Crippen molar-refractivity contribution in [1.82, 2.24) is 0 Å². The molecule has 1 fully saturated rings. The molecule has 1 aromatic carbocycles. The van der Waals surface area contributed by atoms with E-state index in [-0.39, 0.29) is 0 Å². The van der Waals surface area contributed by atoms with Gasteiger partial charge in [-0.05, 0) is 83.0 Å². The number of thioether (sulfide) groups is 1. The van der Waals surface area contributed by atoms with Gasteiger partial charge in [-0.15, -0.1) is 0 Å². The monoisotopic (exact) mass is 616 g/mol. The van der Waals surface area contributed by atoms with E-state index in [0.29, 0.717) is 39.4 Å². The van der Waals surface area contributed by atoms with Crippen LogP contribution in [0.2, 0.25) is 0 Å². The number of carbonyl (C=O) groups excluding carboxylic acids is 1. The molecular weight excluding hydrogens is 608 g/mol. The number of benzene rings is 1. The first-order chi connectivity index (χ1) is 11.7. The van der Waals surface area contributed by atoms with Crippen molar-refractivity contribution < 1.29 is 14.3 Å². The minimum atomic E-state index is -0.978. The average molecular weight is 620 g/mol. The Bertz CT molecular complexity index is 862. The zero-order valence-corrected chi connectivity index (χ0v) is 19.8. The summed E-state index contributed by atoms with van der Waals surface area (Å²) >= 11 is 15.5. The molecule has 2 aliphatic heterocycles. The van der Waals surface area contributed by atoms with E-state index in [1.165, 1.54) is 11.8 Å². The van der Waals surface area contributed by atoms with Crippen molar-refractivity contribution in [3.05, 3.63) is 28.5 Å². The molecule has 0 aromatic heterocycles. The molecule has 0 radical (unpaired) electrons. The summed E-state index contributed by atoms with van der Waals surface area (Å²) in [6.45, 7) is 0. The van der Waals surface area contributed by atoms with E-state index in [0.717, 1.165) is 26.3 Å². The third-order valence-corrected chi connectivity index (χ3v) is 10.9. The van der Waals surface area contributed by atoms with Crippen molar-refractivity contribution in [2.24, 2.45) is 11.5 Å². The molecule has 2 heterocycles. The molecule has 4 N–H and O–H groups in total. The first-order valence-corrected chi connectivity index (χ1v) is 11.5. The third kappa shape index (κ3) is 2.33. The predicted molar refractivity (Wildman–Crippen MR) is 110 cm³/mol. The first kappa shape index (κ1) is 18.5. The van der Waals surface area contributed by atoms with Crippen molar-refractivity contribution in [2.45, 2.75) is 36.2 Å². The van der Waals surface area contributed by atoms with Gasteiger partial charge in [0.25, 0.3) is 5.91 Å². The lowest BCUT2D eigenvalue weighted by molar-refractivity contribution is -0.123. The Balaban J connectivity index is 1.99. The van der Waals surface area contributed by atoms with Gasteiger partial charge in [-0.3, -0.25) is 4.79 Å². The predicted octanol–water partition coefficient (Wildman–Crippen LogP) is 4.92. The van der Waals surface area contributed by atoms with E-state index in [4.69, 9.17) is 20.9 Å². The van der Waals surface area contributed by atoms with Gasteiger partial charge in [0.05, 0.1) is 28.5 Å². The quantitative estimate of drug-likeness (QED) is 0.344. The number of primary amides is 1. The molecule has 0 unspecified atom stereocenters. The standard InChI is InChI=1S/C15H12Br4N2O3S/c16-6-7(17)9(19)11-10(8(6)18)23-14-3-1-2-4-15(14,24-11)25-13(21)5(14)12(20)22/h1-4,21H2,(H2,20,22)/t14-,15-/m1/s1. The van der Waals surface area contributed by atoms with E-state index in [9.17, 15) is 4.79 Å². The van der Waals surface area contributed by atoms with Crippen LogP contribution in [-0.4, -0.2) is 16.4 Å². The van der Waals surface area contributed by atoms with Crippen molar-refractivity contribution in [3.8, 4) is 11.5 Å². The van der Waals surface area contributed by atoms with E-state index in [1.54, 1.807) is 0 Å². The zero-order chi connectivity index (χ0) is 18.1. The molecule has 134 valence electrons. The Hall–Kier alpha value is 0.1000. The number of fused-ring (bicyclic) bond motifs is 1. The number of ether oxygens (including phenoxy) is 2. The molecule has 0 spiro atoms. The number of halogens is 4. The number of hydrogen-bond donors (Lipinski definition) is 2.